The number of piperazine rings is 1. The minimum atomic E-state index is -1.25. The summed E-state index contributed by atoms with van der Waals surface area (Å²) < 4.78 is 38.2. The molecule has 13 nitrogen and oxygen atoms in total. The van der Waals surface area contributed by atoms with E-state index >= 15 is 4.39 Å². The summed E-state index contributed by atoms with van der Waals surface area (Å²) in [6, 6.07) is 2.66. The van der Waals surface area contributed by atoms with Crippen molar-refractivity contribution in [3.63, 3.8) is 0 Å². The number of aromatic nitrogens is 4. The lowest BCUT2D eigenvalue weighted by molar-refractivity contribution is -0.116. The van der Waals surface area contributed by atoms with Crippen LogP contribution in [0.4, 0.5) is 20.3 Å². The van der Waals surface area contributed by atoms with Gasteiger partial charge in [0.2, 0.25) is 17.7 Å². The molecule has 46 heavy (non-hydrogen) atoms. The molecule has 0 aliphatic carbocycles. The van der Waals surface area contributed by atoms with Crippen LogP contribution in [-0.4, -0.2) is 80.8 Å². The van der Waals surface area contributed by atoms with Gasteiger partial charge in [0.15, 0.2) is 11.5 Å². The summed E-state index contributed by atoms with van der Waals surface area (Å²) in [5, 5.41) is 12.6. The molecule has 1 atom stereocenters. The normalized spacial score (nSPS) is 16.6. The number of nitrogens with two attached hydrogens (primary N) is 1. The number of hydrogen-bond donors (Lipinski definition) is 3. The van der Waals surface area contributed by atoms with Gasteiger partial charge < -0.3 is 35.3 Å². The van der Waals surface area contributed by atoms with Crippen LogP contribution in [0, 0.1) is 11.8 Å². The molecule has 0 spiro atoms. The van der Waals surface area contributed by atoms with E-state index < -0.39 is 52.7 Å². The zero-order chi connectivity index (χ0) is 33.0. The molecule has 2 amide bonds. The van der Waals surface area contributed by atoms with E-state index in [4.69, 9.17) is 22.1 Å². The fourth-order valence-electron chi connectivity index (χ4n) is 6.21. The van der Waals surface area contributed by atoms with E-state index in [0.717, 1.165) is 26.3 Å². The number of likely N-dealkylation sites (N-methyl/N-ethyl adjacent to an activating group) is 1. The number of benzene rings is 1. The number of amides is 2. The number of rotatable bonds is 7. The lowest BCUT2D eigenvalue weighted by atomic mass is 10.0. The molecule has 16 heteroatoms. The molecule has 4 N–H and O–H groups in total. The molecule has 4 aromatic rings. The fourth-order valence-corrected chi connectivity index (χ4v) is 6.35. The Bertz CT molecular complexity index is 1980. The lowest BCUT2D eigenvalue weighted by Gasteiger charge is -2.39. The van der Waals surface area contributed by atoms with Gasteiger partial charge in [0.05, 0.1) is 23.7 Å². The second-order valence-corrected chi connectivity index (χ2v) is 11.9. The van der Waals surface area contributed by atoms with E-state index in [9.17, 15) is 23.9 Å². The standard InChI is InChI=1S/C30H31ClF2N8O5/c1-14-11-38(2)7-8-40(14)20-10-18(23(31)27(33)36-20)35-21(42)13-39-12-17(22-29(39)37-19-5-4-6-41(19)30(22)45)15-9-16(28(34)44)25(43)24(32)26(15)46-3/h9-10,12,14,43H,4-8,11,13H2,1-3H3,(H2,34,44)(H,35,36,42). The van der Waals surface area contributed by atoms with Gasteiger partial charge in [-0.3, -0.25) is 19.0 Å². The van der Waals surface area contributed by atoms with Crippen molar-refractivity contribution >= 4 is 46.0 Å². The average Bonchev–Trinajstić information content (AvgIpc) is 3.62. The van der Waals surface area contributed by atoms with Gasteiger partial charge in [-0.2, -0.15) is 8.78 Å². The van der Waals surface area contributed by atoms with Crippen molar-refractivity contribution < 1.29 is 28.2 Å². The molecule has 0 bridgehead atoms. The summed E-state index contributed by atoms with van der Waals surface area (Å²) in [6.07, 6.45) is 2.61. The molecular weight excluding hydrogens is 626 g/mol. The first kappa shape index (κ1) is 31.2. The highest BCUT2D eigenvalue weighted by Crippen LogP contribution is 2.42. The monoisotopic (exact) mass is 656 g/mol. The van der Waals surface area contributed by atoms with Crippen molar-refractivity contribution in [2.24, 2.45) is 5.73 Å². The quantitative estimate of drug-likeness (QED) is 0.254. The van der Waals surface area contributed by atoms with E-state index in [-0.39, 0.29) is 38.9 Å². The highest BCUT2D eigenvalue weighted by Gasteiger charge is 2.29. The largest absolute Gasteiger partial charge is 0.504 e. The van der Waals surface area contributed by atoms with E-state index in [0.29, 0.717) is 37.6 Å². The number of pyridine rings is 1. The Hall–Kier alpha value is -4.76. The number of nitrogens with zero attached hydrogens (tertiary/aromatic N) is 6. The number of carbonyl (C=O) groups is 2. The molecule has 1 unspecified atom stereocenters. The minimum absolute atomic E-state index is 0.0132. The molecule has 3 aromatic heterocycles. The van der Waals surface area contributed by atoms with Crippen LogP contribution in [0.25, 0.3) is 22.2 Å². The number of methoxy groups -OCH3 is 1. The van der Waals surface area contributed by atoms with Gasteiger partial charge in [0, 0.05) is 62.0 Å². The Morgan fingerprint density at radius 2 is 1.96 bits per heavy atom. The number of aryl methyl sites for hydroxylation is 1. The zero-order valence-electron chi connectivity index (χ0n) is 25.2. The summed E-state index contributed by atoms with van der Waals surface area (Å²) in [5.41, 5.74) is 4.60. The van der Waals surface area contributed by atoms with Crippen LogP contribution in [0.1, 0.15) is 29.5 Å². The molecule has 0 saturated carbocycles. The Labute approximate surface area is 266 Å². The first-order valence-corrected chi connectivity index (χ1v) is 14.9. The summed E-state index contributed by atoms with van der Waals surface area (Å²) in [5.74, 6) is -4.53. The Morgan fingerprint density at radius 3 is 2.65 bits per heavy atom. The highest BCUT2D eigenvalue weighted by atomic mass is 35.5. The van der Waals surface area contributed by atoms with Gasteiger partial charge >= 0.3 is 0 Å². The van der Waals surface area contributed by atoms with Crippen LogP contribution in [0.15, 0.2) is 23.1 Å². The number of anilines is 2. The summed E-state index contributed by atoms with van der Waals surface area (Å²) in [4.78, 5) is 52.0. The summed E-state index contributed by atoms with van der Waals surface area (Å²) in [6.45, 7) is 4.08. The predicted octanol–water partition coefficient (Wildman–Crippen LogP) is 2.73. The van der Waals surface area contributed by atoms with Crippen molar-refractivity contribution in [1.29, 1.82) is 0 Å². The second-order valence-electron chi connectivity index (χ2n) is 11.5. The summed E-state index contributed by atoms with van der Waals surface area (Å²) >= 11 is 6.23. The maximum atomic E-state index is 15.2. The van der Waals surface area contributed by atoms with E-state index in [1.807, 2.05) is 18.9 Å². The van der Waals surface area contributed by atoms with Crippen molar-refractivity contribution in [3.8, 4) is 22.6 Å². The number of carbonyl (C=O) groups excluding carboxylic acids is 2. The smallest absolute Gasteiger partial charge is 0.263 e. The Morgan fingerprint density at radius 1 is 1.20 bits per heavy atom. The van der Waals surface area contributed by atoms with Crippen LogP contribution in [0.3, 0.4) is 0 Å². The average molecular weight is 657 g/mol. The third kappa shape index (κ3) is 5.28. The lowest BCUT2D eigenvalue weighted by Crippen LogP contribution is -2.50. The van der Waals surface area contributed by atoms with E-state index in [2.05, 4.69) is 20.2 Å². The van der Waals surface area contributed by atoms with Gasteiger partial charge in [-0.05, 0) is 26.5 Å². The third-order valence-electron chi connectivity index (χ3n) is 8.41. The highest BCUT2D eigenvalue weighted by molar-refractivity contribution is 6.33. The zero-order valence-corrected chi connectivity index (χ0v) is 26.0. The Kier molecular flexibility index (Phi) is 8.06. The van der Waals surface area contributed by atoms with Gasteiger partial charge in [-0.25, -0.2) is 9.97 Å². The molecule has 242 valence electrons. The van der Waals surface area contributed by atoms with Crippen LogP contribution in [-0.2, 0) is 24.3 Å². The van der Waals surface area contributed by atoms with E-state index in [1.165, 1.54) is 21.4 Å². The maximum Gasteiger partial charge on any atom is 0.263 e. The number of ether oxygens (including phenoxy) is 1. The molecule has 6 rings (SSSR count). The van der Waals surface area contributed by atoms with Gasteiger partial charge in [0.1, 0.15) is 28.9 Å². The molecule has 1 fully saturated rings. The number of hydrogen-bond acceptors (Lipinski definition) is 9. The summed E-state index contributed by atoms with van der Waals surface area (Å²) in [7, 11) is 3.16. The molecular formula is C30H31ClF2N8O5. The molecule has 5 heterocycles. The number of fused-ring (bicyclic) bond motifs is 2. The maximum absolute atomic E-state index is 15.2. The number of primary amides is 1. The van der Waals surface area contributed by atoms with Crippen molar-refractivity contribution in [1.82, 2.24) is 24.0 Å². The predicted molar refractivity (Wildman–Crippen MR) is 167 cm³/mol. The van der Waals surface area contributed by atoms with Crippen LogP contribution >= 0.6 is 11.6 Å². The SMILES string of the molecule is COc1c(-c2cn(CC(=O)Nc3cc(N4CCN(C)CC4C)nc(F)c3Cl)c3nc4n(c(=O)c23)CCC4)cc(C(N)=O)c(O)c1F. The van der Waals surface area contributed by atoms with Crippen LogP contribution < -0.4 is 26.2 Å². The second kappa shape index (κ2) is 11.9. The molecule has 0 radical (unpaired) electrons. The fraction of sp³-hybridized carbons (Fsp3) is 0.367. The molecule has 2 aliphatic heterocycles. The topological polar surface area (TPSA) is 161 Å². The minimum Gasteiger partial charge on any atom is -0.504 e. The Balaban J connectivity index is 1.42. The molecule has 2 aliphatic rings. The van der Waals surface area contributed by atoms with Gasteiger partial charge in [-0.1, -0.05) is 11.6 Å². The van der Waals surface area contributed by atoms with Crippen molar-refractivity contribution in [3.05, 3.63) is 56.9 Å². The van der Waals surface area contributed by atoms with E-state index in [1.54, 1.807) is 0 Å². The number of aromatic hydroxyl groups is 1. The first-order chi connectivity index (χ1) is 21.9. The third-order valence-corrected chi connectivity index (χ3v) is 8.77. The van der Waals surface area contributed by atoms with Gasteiger partial charge in [0.25, 0.3) is 11.5 Å². The number of nitrogens with one attached hydrogen (secondary N) is 1. The van der Waals surface area contributed by atoms with Crippen molar-refractivity contribution in [2.75, 3.05) is 44.0 Å². The molecule has 1 saturated heterocycles. The van der Waals surface area contributed by atoms with Crippen LogP contribution in [0.5, 0.6) is 11.5 Å². The van der Waals surface area contributed by atoms with Crippen molar-refractivity contribution in [2.45, 2.75) is 38.9 Å². The van der Waals surface area contributed by atoms with Crippen LogP contribution in [0.2, 0.25) is 5.02 Å². The molecule has 1 aromatic carbocycles. The van der Waals surface area contributed by atoms with Gasteiger partial charge in [-0.15, -0.1) is 0 Å². The number of phenols is 1. The number of halogens is 3. The first-order valence-electron chi connectivity index (χ1n) is 14.5.